The fraction of sp³-hybridized carbons (Fsp3) is 0.641. The van der Waals surface area contributed by atoms with Crippen molar-refractivity contribution < 1.29 is 12.9 Å². The number of imidazole rings is 1. The minimum atomic E-state index is -3.60. The second kappa shape index (κ2) is 20.5. The quantitative estimate of drug-likeness (QED) is 0.0637. The largest absolute Gasteiger partial charge is 0.339 e. The number of sulfonamides is 1. The van der Waals surface area contributed by atoms with Gasteiger partial charge in [-0.25, -0.2) is 17.7 Å². The molecule has 0 spiro atoms. The molecule has 0 radical (unpaired) electrons. The van der Waals surface area contributed by atoms with Crippen LogP contribution in [0.2, 0.25) is 0 Å². The summed E-state index contributed by atoms with van der Waals surface area (Å²) in [6, 6.07) is 9.09. The van der Waals surface area contributed by atoms with Crippen molar-refractivity contribution in [2.24, 2.45) is 5.92 Å². The van der Waals surface area contributed by atoms with Crippen LogP contribution >= 0.6 is 0 Å². The maximum atomic E-state index is 13.3. The molecule has 3 aromatic heterocycles. The van der Waals surface area contributed by atoms with Crippen LogP contribution in [0.15, 0.2) is 52.1 Å². The zero-order valence-corrected chi connectivity index (χ0v) is 31.4. The first-order valence-electron chi connectivity index (χ1n) is 18.9. The van der Waals surface area contributed by atoms with E-state index in [4.69, 9.17) is 4.52 Å². The summed E-state index contributed by atoms with van der Waals surface area (Å²) >= 11 is 0. The first kappa shape index (κ1) is 38.7. The fourth-order valence-electron chi connectivity index (χ4n) is 6.48. The first-order chi connectivity index (χ1) is 23.8. The molecule has 1 aromatic carbocycles. The molecule has 0 aliphatic carbocycles. The lowest BCUT2D eigenvalue weighted by atomic mass is 10.0. The Kier molecular flexibility index (Phi) is 16.2. The van der Waals surface area contributed by atoms with Crippen molar-refractivity contribution in [2.75, 3.05) is 13.6 Å². The third-order valence-corrected chi connectivity index (χ3v) is 11.6. The number of rotatable bonds is 25. The number of nitrogens with zero attached hydrogens (tertiary/aromatic N) is 6. The molecule has 0 aliphatic heterocycles. The van der Waals surface area contributed by atoms with E-state index >= 15 is 0 Å². The van der Waals surface area contributed by atoms with Crippen LogP contribution in [0.3, 0.4) is 0 Å². The van der Waals surface area contributed by atoms with Gasteiger partial charge in [-0.2, -0.15) is 4.98 Å². The molecule has 0 N–H and O–H groups in total. The number of hydrogen-bond donors (Lipinski definition) is 0. The lowest BCUT2D eigenvalue weighted by Crippen LogP contribution is -2.29. The molecule has 270 valence electrons. The monoisotopic (exact) mass is 692 g/mol. The van der Waals surface area contributed by atoms with E-state index in [1.807, 2.05) is 25.1 Å². The van der Waals surface area contributed by atoms with E-state index in [0.717, 1.165) is 41.1 Å². The summed E-state index contributed by atoms with van der Waals surface area (Å²) in [5.41, 5.74) is 2.87. The van der Waals surface area contributed by atoms with Crippen molar-refractivity contribution in [3.8, 4) is 0 Å². The molecular formula is C39H60N6O3S. The van der Waals surface area contributed by atoms with E-state index < -0.39 is 10.0 Å². The Bertz CT molecular complexity index is 1620. The van der Waals surface area contributed by atoms with Gasteiger partial charge in [-0.3, -0.25) is 4.98 Å². The number of hydrogen-bond acceptors (Lipinski definition) is 7. The summed E-state index contributed by atoms with van der Waals surface area (Å²) in [6.45, 7) is 7.37. The Morgan fingerprint density at radius 3 is 2.08 bits per heavy atom. The fourth-order valence-corrected chi connectivity index (χ4v) is 7.67. The van der Waals surface area contributed by atoms with Crippen LogP contribution in [0.1, 0.15) is 140 Å². The van der Waals surface area contributed by atoms with Crippen LogP contribution in [-0.4, -0.2) is 51.0 Å². The van der Waals surface area contributed by atoms with E-state index in [2.05, 4.69) is 38.5 Å². The number of pyridine rings is 1. The number of fused-ring (bicyclic) bond motifs is 1. The van der Waals surface area contributed by atoms with Gasteiger partial charge in [0.05, 0.1) is 16.6 Å². The van der Waals surface area contributed by atoms with Crippen molar-refractivity contribution in [3.63, 3.8) is 0 Å². The van der Waals surface area contributed by atoms with E-state index in [1.165, 1.54) is 94.2 Å². The summed E-state index contributed by atoms with van der Waals surface area (Å²) in [4.78, 5) is 13.6. The highest BCUT2D eigenvalue weighted by Gasteiger charge is 2.22. The molecule has 0 fully saturated rings. The molecular weight excluding hydrogens is 633 g/mol. The van der Waals surface area contributed by atoms with Crippen molar-refractivity contribution in [1.82, 2.24) is 29.0 Å². The highest BCUT2D eigenvalue weighted by molar-refractivity contribution is 7.89. The Morgan fingerprint density at radius 1 is 0.837 bits per heavy atom. The number of benzene rings is 1. The Hall–Kier alpha value is -3.11. The smallest absolute Gasteiger partial charge is 0.242 e. The zero-order valence-electron chi connectivity index (χ0n) is 30.6. The Balaban J connectivity index is 1.08. The third-order valence-electron chi connectivity index (χ3n) is 9.69. The molecule has 10 heteroatoms. The van der Waals surface area contributed by atoms with E-state index in [0.29, 0.717) is 36.7 Å². The molecule has 1 atom stereocenters. The molecule has 0 amide bonds. The number of unbranched alkanes of at least 4 members (excludes halogenated alkanes) is 14. The second-order valence-electron chi connectivity index (χ2n) is 14.0. The van der Waals surface area contributed by atoms with Gasteiger partial charge in [0.2, 0.25) is 15.9 Å². The topological polar surface area (TPSA) is 107 Å². The van der Waals surface area contributed by atoms with Gasteiger partial charge in [0.25, 0.3) is 0 Å². The van der Waals surface area contributed by atoms with Gasteiger partial charge in [-0.15, -0.1) is 0 Å². The summed E-state index contributed by atoms with van der Waals surface area (Å²) in [7, 11) is -1.95. The molecule has 0 saturated heterocycles. The normalized spacial score (nSPS) is 12.8. The van der Waals surface area contributed by atoms with E-state index in [-0.39, 0.29) is 5.92 Å². The van der Waals surface area contributed by atoms with Gasteiger partial charge >= 0.3 is 0 Å². The molecule has 0 saturated carbocycles. The van der Waals surface area contributed by atoms with Crippen LogP contribution in [0.5, 0.6) is 0 Å². The molecule has 4 aromatic rings. The highest BCUT2D eigenvalue weighted by atomic mass is 32.2. The lowest BCUT2D eigenvalue weighted by molar-refractivity contribution is 0.339. The van der Waals surface area contributed by atoms with Gasteiger partial charge in [-0.05, 0) is 49.4 Å². The number of aromatic nitrogens is 5. The average Bonchev–Trinajstić information content (AvgIpc) is 3.68. The summed E-state index contributed by atoms with van der Waals surface area (Å²) in [5, 5.41) is 4.20. The van der Waals surface area contributed by atoms with Gasteiger partial charge < -0.3 is 9.09 Å². The van der Waals surface area contributed by atoms with Crippen LogP contribution in [0.4, 0.5) is 0 Å². The standard InChI is InChI=1S/C39H60N6O3S/c1-5-6-7-8-9-10-11-12-13-14-15-16-17-18-19-20-38-42-39(48-43-38)29-32(2)26-28-44(4)49(46,47)35-23-21-34(22-24-35)31-45-33(3)41-36-30-40-27-25-37(36)45/h21-25,27,30,32H,5-20,26,28-29,31H2,1-4H3. The molecule has 49 heavy (non-hydrogen) atoms. The van der Waals surface area contributed by atoms with Crippen LogP contribution in [0.25, 0.3) is 11.0 Å². The Morgan fingerprint density at radius 2 is 1.45 bits per heavy atom. The van der Waals surface area contributed by atoms with Gasteiger partial charge in [-0.1, -0.05) is 121 Å². The summed E-state index contributed by atoms with van der Waals surface area (Å²) in [6.07, 6.45) is 26.0. The van der Waals surface area contributed by atoms with Crippen LogP contribution < -0.4 is 0 Å². The molecule has 0 bridgehead atoms. The van der Waals surface area contributed by atoms with Gasteiger partial charge in [0, 0.05) is 39.2 Å². The van der Waals surface area contributed by atoms with E-state index in [1.54, 1.807) is 31.6 Å². The first-order valence-corrected chi connectivity index (χ1v) is 20.4. The zero-order chi connectivity index (χ0) is 34.9. The lowest BCUT2D eigenvalue weighted by Gasteiger charge is -2.19. The predicted molar refractivity (Wildman–Crippen MR) is 198 cm³/mol. The van der Waals surface area contributed by atoms with Crippen LogP contribution in [-0.2, 0) is 29.4 Å². The highest BCUT2D eigenvalue weighted by Crippen LogP contribution is 2.21. The van der Waals surface area contributed by atoms with Crippen LogP contribution in [0, 0.1) is 12.8 Å². The molecule has 1 unspecified atom stereocenters. The SMILES string of the molecule is CCCCCCCCCCCCCCCCCc1noc(CC(C)CCN(C)S(=O)(=O)c2ccc(Cn3c(C)nc4cnccc43)cc2)n1. The van der Waals surface area contributed by atoms with Crippen molar-refractivity contribution in [3.05, 3.63) is 65.8 Å². The third kappa shape index (κ3) is 12.6. The maximum Gasteiger partial charge on any atom is 0.242 e. The minimum Gasteiger partial charge on any atom is -0.339 e. The summed E-state index contributed by atoms with van der Waals surface area (Å²) in [5.74, 6) is 2.53. The predicted octanol–water partition coefficient (Wildman–Crippen LogP) is 9.47. The van der Waals surface area contributed by atoms with Gasteiger partial charge in [0.15, 0.2) is 5.82 Å². The Labute approximate surface area is 295 Å². The molecule has 9 nitrogen and oxygen atoms in total. The maximum absolute atomic E-state index is 13.3. The molecule has 4 rings (SSSR count). The van der Waals surface area contributed by atoms with Crippen molar-refractivity contribution >= 4 is 21.1 Å². The number of aryl methyl sites for hydroxylation is 2. The van der Waals surface area contributed by atoms with Crippen molar-refractivity contribution in [2.45, 2.75) is 148 Å². The second-order valence-corrected chi connectivity index (χ2v) is 16.0. The van der Waals surface area contributed by atoms with Crippen molar-refractivity contribution in [1.29, 1.82) is 0 Å². The minimum absolute atomic E-state index is 0.211. The summed E-state index contributed by atoms with van der Waals surface area (Å²) < 4.78 is 35.7. The van der Waals surface area contributed by atoms with Gasteiger partial charge in [0.1, 0.15) is 11.3 Å². The molecule has 3 heterocycles. The molecule has 0 aliphatic rings. The average molecular weight is 693 g/mol. The van der Waals surface area contributed by atoms with E-state index in [9.17, 15) is 8.42 Å².